The van der Waals surface area contributed by atoms with Gasteiger partial charge in [-0.1, -0.05) is 5.22 Å². The molecule has 4 aliphatic rings. The van der Waals surface area contributed by atoms with Crippen LogP contribution in [-0.4, -0.2) is 30.2 Å². The van der Waals surface area contributed by atoms with E-state index >= 15 is 0 Å². The van der Waals surface area contributed by atoms with E-state index in [1.807, 2.05) is 17.1 Å². The van der Waals surface area contributed by atoms with Crippen molar-refractivity contribution in [3.05, 3.63) is 23.3 Å². The fraction of sp³-hybridized carbons (Fsp3) is 0.500. The first-order chi connectivity index (χ1) is 9.80. The summed E-state index contributed by atoms with van der Waals surface area (Å²) in [5, 5.41) is 10.5. The average Bonchev–Trinajstić information content (AvgIpc) is 3.12. The van der Waals surface area contributed by atoms with Gasteiger partial charge in [-0.25, -0.2) is 0 Å². The van der Waals surface area contributed by atoms with Crippen molar-refractivity contribution in [3.8, 4) is 11.5 Å². The van der Waals surface area contributed by atoms with Crippen molar-refractivity contribution in [2.24, 2.45) is 10.3 Å². The topological polar surface area (TPSA) is 63.5 Å². The van der Waals surface area contributed by atoms with Crippen LogP contribution < -0.4 is 9.47 Å². The quantitative estimate of drug-likeness (QED) is 0.718. The summed E-state index contributed by atoms with van der Waals surface area (Å²) in [6.45, 7) is 0.986. The van der Waals surface area contributed by atoms with Crippen LogP contribution in [-0.2, 0) is 16.8 Å². The van der Waals surface area contributed by atoms with Gasteiger partial charge in [0.1, 0.15) is 6.04 Å². The van der Waals surface area contributed by atoms with E-state index < -0.39 is 5.54 Å². The molecule has 3 aliphatic heterocycles. The van der Waals surface area contributed by atoms with Crippen molar-refractivity contribution in [3.63, 3.8) is 0 Å². The maximum atomic E-state index is 12.6. The Kier molecular flexibility index (Phi) is 1.76. The van der Waals surface area contributed by atoms with Crippen LogP contribution in [0.25, 0.3) is 0 Å². The van der Waals surface area contributed by atoms with Crippen LogP contribution in [0.15, 0.2) is 22.5 Å². The van der Waals surface area contributed by atoms with Gasteiger partial charge in [-0.3, -0.25) is 9.80 Å². The van der Waals surface area contributed by atoms with Crippen molar-refractivity contribution in [2.45, 2.75) is 30.8 Å². The van der Waals surface area contributed by atoms with E-state index in [2.05, 4.69) is 10.3 Å². The first-order valence-corrected chi connectivity index (χ1v) is 6.95. The standard InChI is InChI=1S/C14H13N3O3/c18-13-2-1-12-14(13)9-6-11-10(19-7-20-11)5-8(9)3-4-17(14)16-15-12/h5-6,12H,1-4,7H2/t12-,14-/m0/s1. The lowest BCUT2D eigenvalue weighted by molar-refractivity contribution is -0.128. The third kappa shape index (κ3) is 1.02. The third-order valence-electron chi connectivity index (χ3n) is 4.86. The summed E-state index contributed by atoms with van der Waals surface area (Å²) in [5.41, 5.74) is 1.51. The molecule has 0 amide bonds. The highest BCUT2D eigenvalue weighted by atomic mass is 16.7. The molecule has 1 aliphatic carbocycles. The highest BCUT2D eigenvalue weighted by molar-refractivity contribution is 5.94. The number of hydrogen-bond donors (Lipinski definition) is 0. The first-order valence-electron chi connectivity index (χ1n) is 6.95. The Balaban J connectivity index is 1.79. The molecule has 1 fully saturated rings. The van der Waals surface area contributed by atoms with Gasteiger partial charge in [0.15, 0.2) is 22.8 Å². The number of rotatable bonds is 0. The summed E-state index contributed by atoms with van der Waals surface area (Å²) in [5.74, 6) is 1.74. The predicted molar refractivity (Wildman–Crippen MR) is 67.5 cm³/mol. The minimum absolute atomic E-state index is 0.0468. The average molecular weight is 271 g/mol. The number of hydrogen-bond acceptors (Lipinski definition) is 6. The number of nitrogens with zero attached hydrogens (tertiary/aromatic N) is 3. The van der Waals surface area contributed by atoms with Crippen LogP contribution in [0, 0.1) is 0 Å². The van der Waals surface area contributed by atoms with Crippen LogP contribution in [0.4, 0.5) is 0 Å². The van der Waals surface area contributed by atoms with Crippen molar-refractivity contribution in [2.75, 3.05) is 13.3 Å². The molecule has 6 heteroatoms. The number of fused-ring (bicyclic) bond motifs is 2. The second-order valence-corrected chi connectivity index (χ2v) is 5.68. The molecule has 5 rings (SSSR count). The van der Waals surface area contributed by atoms with E-state index in [-0.39, 0.29) is 18.6 Å². The first kappa shape index (κ1) is 10.7. The van der Waals surface area contributed by atoms with Crippen LogP contribution in [0.2, 0.25) is 0 Å². The minimum Gasteiger partial charge on any atom is -0.454 e. The Morgan fingerprint density at radius 2 is 2.10 bits per heavy atom. The summed E-state index contributed by atoms with van der Waals surface area (Å²) < 4.78 is 10.9. The summed E-state index contributed by atoms with van der Waals surface area (Å²) in [6.07, 6.45) is 2.22. The lowest BCUT2D eigenvalue weighted by Crippen LogP contribution is -2.53. The van der Waals surface area contributed by atoms with E-state index in [0.29, 0.717) is 6.42 Å². The van der Waals surface area contributed by atoms with E-state index in [9.17, 15) is 4.79 Å². The molecule has 1 aromatic carbocycles. The van der Waals surface area contributed by atoms with E-state index in [4.69, 9.17) is 9.47 Å². The van der Waals surface area contributed by atoms with E-state index in [1.165, 1.54) is 0 Å². The normalized spacial score (nSPS) is 32.3. The van der Waals surface area contributed by atoms with Gasteiger partial charge < -0.3 is 9.47 Å². The van der Waals surface area contributed by atoms with Gasteiger partial charge in [0.2, 0.25) is 6.79 Å². The number of ether oxygens (including phenoxy) is 2. The minimum atomic E-state index is -0.672. The number of ketones is 1. The molecule has 0 N–H and O–H groups in total. The van der Waals surface area contributed by atoms with Crippen LogP contribution in [0.5, 0.6) is 11.5 Å². The number of carbonyl (C=O) groups excluding carboxylic acids is 1. The van der Waals surface area contributed by atoms with Crippen molar-refractivity contribution in [1.29, 1.82) is 0 Å². The summed E-state index contributed by atoms with van der Waals surface area (Å²) in [6, 6.07) is 3.94. The molecular formula is C14H13N3O3. The molecule has 3 heterocycles. The Bertz CT molecular complexity index is 672. The summed E-state index contributed by atoms with van der Waals surface area (Å²) in [4.78, 5) is 12.6. The molecule has 6 nitrogen and oxygen atoms in total. The second kappa shape index (κ2) is 3.31. The van der Waals surface area contributed by atoms with Gasteiger partial charge in [0, 0.05) is 13.0 Å². The zero-order chi connectivity index (χ0) is 13.3. The van der Waals surface area contributed by atoms with Gasteiger partial charge in [0.25, 0.3) is 0 Å². The Morgan fingerprint density at radius 1 is 1.25 bits per heavy atom. The molecule has 1 spiro atoms. The largest absolute Gasteiger partial charge is 0.454 e. The molecular weight excluding hydrogens is 258 g/mol. The van der Waals surface area contributed by atoms with E-state index in [0.717, 1.165) is 42.0 Å². The molecule has 2 atom stereocenters. The Morgan fingerprint density at radius 3 is 3.00 bits per heavy atom. The highest BCUT2D eigenvalue weighted by Gasteiger charge is 2.61. The van der Waals surface area contributed by atoms with Crippen LogP contribution in [0.3, 0.4) is 0 Å². The molecule has 0 bridgehead atoms. The molecule has 20 heavy (non-hydrogen) atoms. The molecule has 1 saturated carbocycles. The molecule has 0 aromatic heterocycles. The second-order valence-electron chi connectivity index (χ2n) is 5.68. The molecule has 1 aromatic rings. The maximum absolute atomic E-state index is 12.6. The summed E-state index contributed by atoms with van der Waals surface area (Å²) in [7, 11) is 0. The highest BCUT2D eigenvalue weighted by Crippen LogP contribution is 2.52. The molecule has 0 unspecified atom stereocenters. The van der Waals surface area contributed by atoms with Crippen LogP contribution in [0.1, 0.15) is 24.0 Å². The lowest BCUT2D eigenvalue weighted by Gasteiger charge is -2.40. The molecule has 102 valence electrons. The fourth-order valence-corrected chi connectivity index (χ4v) is 3.97. The predicted octanol–water partition coefficient (Wildman–Crippen LogP) is 1.58. The number of carbonyl (C=O) groups is 1. The van der Waals surface area contributed by atoms with E-state index in [1.54, 1.807) is 0 Å². The van der Waals surface area contributed by atoms with Crippen LogP contribution >= 0.6 is 0 Å². The van der Waals surface area contributed by atoms with Gasteiger partial charge in [-0.05, 0) is 36.1 Å². The smallest absolute Gasteiger partial charge is 0.231 e. The molecule has 0 saturated heterocycles. The van der Waals surface area contributed by atoms with Gasteiger partial charge >= 0.3 is 0 Å². The van der Waals surface area contributed by atoms with Gasteiger partial charge in [-0.15, -0.1) is 0 Å². The zero-order valence-corrected chi connectivity index (χ0v) is 10.8. The summed E-state index contributed by atoms with van der Waals surface area (Å²) >= 11 is 0. The zero-order valence-electron chi connectivity index (χ0n) is 10.8. The molecule has 0 radical (unpaired) electrons. The Labute approximate surface area is 115 Å². The van der Waals surface area contributed by atoms with Gasteiger partial charge in [-0.2, -0.15) is 5.11 Å². The third-order valence-corrected chi connectivity index (χ3v) is 4.86. The number of benzene rings is 1. The lowest BCUT2D eigenvalue weighted by atomic mass is 9.77. The van der Waals surface area contributed by atoms with Crippen molar-refractivity contribution >= 4 is 5.78 Å². The fourth-order valence-electron chi connectivity index (χ4n) is 3.97. The van der Waals surface area contributed by atoms with Gasteiger partial charge in [0.05, 0.1) is 0 Å². The SMILES string of the molecule is O=C1CC[C@@H]2N=NN3CCc4cc5c(cc4[C@@]123)OCO5. The Hall–Kier alpha value is -2.11. The van der Waals surface area contributed by atoms with Crippen molar-refractivity contribution < 1.29 is 14.3 Å². The van der Waals surface area contributed by atoms with Crippen molar-refractivity contribution in [1.82, 2.24) is 5.01 Å². The monoisotopic (exact) mass is 271 g/mol. The maximum Gasteiger partial charge on any atom is 0.231 e. The number of Topliss-reactive ketones (excluding diaryl/α,β-unsaturated/α-hetero) is 1.